The Morgan fingerprint density at radius 2 is 1.49 bits per heavy atom. The van der Waals surface area contributed by atoms with E-state index >= 15 is 0 Å². The second-order valence-electron chi connectivity index (χ2n) is 10.3. The number of phenols is 2. The summed E-state index contributed by atoms with van der Waals surface area (Å²) in [4.78, 5) is 12.8. The molecule has 0 saturated carbocycles. The third kappa shape index (κ3) is 5.83. The molecule has 0 radical (unpaired) electrons. The zero-order chi connectivity index (χ0) is 29.6. The minimum absolute atomic E-state index is 0.00149. The minimum Gasteiger partial charge on any atom is -0.508 e. The Bertz CT molecular complexity index is 1240. The highest BCUT2D eigenvalue weighted by atomic mass is 16.7. The molecule has 8 N–H and O–H groups in total. The molecule has 2 saturated heterocycles. The van der Waals surface area contributed by atoms with Crippen molar-refractivity contribution in [3.05, 3.63) is 47.5 Å². The Morgan fingerprint density at radius 1 is 0.829 bits per heavy atom. The van der Waals surface area contributed by atoms with Crippen LogP contribution in [-0.2, 0) is 14.2 Å². The van der Waals surface area contributed by atoms with E-state index in [1.165, 1.54) is 25.1 Å². The molecule has 0 aromatic heterocycles. The minimum atomic E-state index is -1.76. The Kier molecular flexibility index (Phi) is 8.39. The number of Topliss-reactive ketones (excluding diaryl/α,β-unsaturated/α-hetero) is 1. The number of phenolic OH excluding ortho intramolecular Hbond substituents is 2. The molecule has 0 aliphatic carbocycles. The van der Waals surface area contributed by atoms with Gasteiger partial charge in [-0.05, 0) is 24.6 Å². The summed E-state index contributed by atoms with van der Waals surface area (Å²) < 4.78 is 28.0. The number of hydrogen-bond donors (Lipinski definition) is 8. The number of carbonyl (C=O) groups excluding carboxylic acids is 1. The number of aromatic hydroxyl groups is 2. The van der Waals surface area contributed by atoms with Crippen LogP contribution in [0.4, 0.5) is 0 Å². The van der Waals surface area contributed by atoms with Crippen molar-refractivity contribution in [3.8, 4) is 23.0 Å². The smallest absolute Gasteiger partial charge is 0.229 e. The van der Waals surface area contributed by atoms with E-state index in [0.29, 0.717) is 5.56 Å². The molecule has 2 aromatic rings. The number of hydrogen-bond acceptors (Lipinski definition) is 14. The Labute approximate surface area is 233 Å². The average Bonchev–Trinajstić information content (AvgIpc) is 2.94. The summed E-state index contributed by atoms with van der Waals surface area (Å²) in [7, 11) is 0. The van der Waals surface area contributed by atoms with Gasteiger partial charge in [-0.2, -0.15) is 0 Å². The molecule has 0 spiro atoms. The van der Waals surface area contributed by atoms with Crippen LogP contribution in [0, 0.1) is 0 Å². The molecule has 3 heterocycles. The maximum absolute atomic E-state index is 12.8. The van der Waals surface area contributed by atoms with Gasteiger partial charge in [0.1, 0.15) is 77.4 Å². The number of aliphatic hydroxyl groups excluding tert-OH is 6. The van der Waals surface area contributed by atoms with E-state index in [2.05, 4.69) is 0 Å². The summed E-state index contributed by atoms with van der Waals surface area (Å²) in [6, 6.07) is 8.51. The van der Waals surface area contributed by atoms with E-state index in [4.69, 9.17) is 23.7 Å². The lowest BCUT2D eigenvalue weighted by Crippen LogP contribution is -2.61. The summed E-state index contributed by atoms with van der Waals surface area (Å²) in [5.74, 6) is -0.893. The molecule has 7 unspecified atom stereocenters. The largest absolute Gasteiger partial charge is 0.508 e. The van der Waals surface area contributed by atoms with Crippen LogP contribution < -0.4 is 9.47 Å². The third-order valence-electron chi connectivity index (χ3n) is 7.39. The van der Waals surface area contributed by atoms with E-state index in [9.17, 15) is 45.6 Å². The summed E-state index contributed by atoms with van der Waals surface area (Å²) in [5.41, 5.74) is 0.550. The first-order chi connectivity index (χ1) is 19.4. The highest BCUT2D eigenvalue weighted by molar-refractivity contribution is 6.02. The zero-order valence-corrected chi connectivity index (χ0v) is 21.8. The number of ether oxygens (including phenoxy) is 5. The normalized spacial score (nSPS) is 37.2. The van der Waals surface area contributed by atoms with Crippen molar-refractivity contribution in [2.45, 2.75) is 80.9 Å². The fraction of sp³-hybridized carbons (Fsp3) is 0.519. The lowest BCUT2D eigenvalue weighted by molar-refractivity contribution is -0.318. The lowest BCUT2D eigenvalue weighted by Gasteiger charge is -2.42. The number of fused-ring (bicyclic) bond motifs is 1. The van der Waals surface area contributed by atoms with Crippen LogP contribution in [0.25, 0.3) is 0 Å². The van der Waals surface area contributed by atoms with Crippen molar-refractivity contribution in [2.24, 2.45) is 0 Å². The molecular formula is C27H32O14. The van der Waals surface area contributed by atoms with Crippen LogP contribution in [0.5, 0.6) is 23.0 Å². The molecule has 2 fully saturated rings. The predicted molar refractivity (Wildman–Crippen MR) is 134 cm³/mol. The average molecular weight is 581 g/mol. The molecule has 5 rings (SSSR count). The van der Waals surface area contributed by atoms with Gasteiger partial charge in [0.05, 0.1) is 19.1 Å². The van der Waals surface area contributed by atoms with Gasteiger partial charge >= 0.3 is 0 Å². The summed E-state index contributed by atoms with van der Waals surface area (Å²) in [6.07, 6.45) is -15.6. The zero-order valence-electron chi connectivity index (χ0n) is 21.8. The first-order valence-electron chi connectivity index (χ1n) is 13.0. The van der Waals surface area contributed by atoms with Crippen LogP contribution in [0.15, 0.2) is 36.4 Å². The highest BCUT2D eigenvalue weighted by Crippen LogP contribution is 2.42. The summed E-state index contributed by atoms with van der Waals surface area (Å²) in [6.45, 7) is 0.980. The molecular weight excluding hydrogens is 548 g/mol. The maximum atomic E-state index is 12.8. The Morgan fingerprint density at radius 3 is 2.20 bits per heavy atom. The molecule has 14 nitrogen and oxygen atoms in total. The van der Waals surface area contributed by atoms with Crippen LogP contribution >= 0.6 is 0 Å². The first kappa shape index (κ1) is 29.4. The van der Waals surface area contributed by atoms with Gasteiger partial charge in [0, 0.05) is 12.1 Å². The third-order valence-corrected chi connectivity index (χ3v) is 7.39. The van der Waals surface area contributed by atoms with Crippen molar-refractivity contribution in [3.63, 3.8) is 0 Å². The molecule has 224 valence electrons. The second kappa shape index (κ2) is 11.7. The van der Waals surface area contributed by atoms with Gasteiger partial charge in [0.2, 0.25) is 6.29 Å². The van der Waals surface area contributed by atoms with Crippen LogP contribution in [0.3, 0.4) is 0 Å². The van der Waals surface area contributed by atoms with Crippen molar-refractivity contribution < 1.29 is 69.3 Å². The molecule has 14 heteroatoms. The highest BCUT2D eigenvalue weighted by Gasteiger charge is 2.47. The standard InChI is InChI=1S/C27H32O14/c1-10-20(31)22(33)24(35)26(38-10)37-9-18-21(32)23(34)25(36)27(41-18)39-13-6-14(29)19-15(30)8-16(40-17(19)7-13)11-2-4-12(28)5-3-11/h2-7,10,16,18,20-29,31-36H,8-9H2,1H3/t10?,16?,18?,20-,21+,22?,23?,24?,25?,26+,27+/m0/s1. The van der Waals surface area contributed by atoms with Gasteiger partial charge < -0.3 is 64.5 Å². The van der Waals surface area contributed by atoms with Gasteiger partial charge in [-0.15, -0.1) is 0 Å². The van der Waals surface area contributed by atoms with Gasteiger partial charge in [0.25, 0.3) is 0 Å². The summed E-state index contributed by atoms with van der Waals surface area (Å²) in [5, 5.41) is 81.5. The maximum Gasteiger partial charge on any atom is 0.229 e. The monoisotopic (exact) mass is 580 g/mol. The molecule has 3 aliphatic rings. The van der Waals surface area contributed by atoms with Crippen molar-refractivity contribution in [2.75, 3.05) is 6.61 Å². The van der Waals surface area contributed by atoms with E-state index < -0.39 is 85.7 Å². The number of carbonyl (C=O) groups is 1. The topological polar surface area (TPSA) is 225 Å². The van der Waals surface area contributed by atoms with Crippen molar-refractivity contribution >= 4 is 5.78 Å². The van der Waals surface area contributed by atoms with Crippen LogP contribution in [0.1, 0.15) is 35.4 Å². The van der Waals surface area contributed by atoms with Gasteiger partial charge in [-0.25, -0.2) is 0 Å². The van der Waals surface area contributed by atoms with Crippen LogP contribution in [-0.4, -0.2) is 115 Å². The molecule has 0 amide bonds. The van der Waals surface area contributed by atoms with Gasteiger partial charge in [0.15, 0.2) is 12.1 Å². The molecule has 41 heavy (non-hydrogen) atoms. The number of ketones is 1. The number of aliphatic hydroxyl groups is 6. The van der Waals surface area contributed by atoms with E-state index in [0.717, 1.165) is 6.07 Å². The van der Waals surface area contributed by atoms with E-state index in [1.807, 2.05) is 0 Å². The quantitative estimate of drug-likeness (QED) is 0.202. The SMILES string of the molecule is CC1O[C@@H](OCC2O[C@@H](Oc3cc(O)c4c(c3)OC(c3ccc(O)cc3)CC4=O)C(O)C(O)[C@@H]2O)C(O)C(O)[C@H]1O. The predicted octanol–water partition coefficient (Wildman–Crippen LogP) is -1.17. The van der Waals surface area contributed by atoms with E-state index in [1.54, 1.807) is 12.1 Å². The summed E-state index contributed by atoms with van der Waals surface area (Å²) >= 11 is 0. The first-order valence-corrected chi connectivity index (χ1v) is 13.0. The van der Waals surface area contributed by atoms with Gasteiger partial charge in [-0.3, -0.25) is 4.79 Å². The molecule has 2 aromatic carbocycles. The van der Waals surface area contributed by atoms with Gasteiger partial charge in [-0.1, -0.05) is 12.1 Å². The van der Waals surface area contributed by atoms with Crippen molar-refractivity contribution in [1.29, 1.82) is 0 Å². The number of benzene rings is 2. The second-order valence-corrected chi connectivity index (χ2v) is 10.3. The van der Waals surface area contributed by atoms with Crippen LogP contribution in [0.2, 0.25) is 0 Å². The fourth-order valence-electron chi connectivity index (χ4n) is 4.98. The molecule has 11 atom stereocenters. The molecule has 0 bridgehead atoms. The van der Waals surface area contributed by atoms with Crippen molar-refractivity contribution in [1.82, 2.24) is 0 Å². The number of rotatable bonds is 6. The Balaban J connectivity index is 1.30. The molecule has 3 aliphatic heterocycles. The van der Waals surface area contributed by atoms with E-state index in [-0.39, 0.29) is 29.2 Å². The lowest BCUT2D eigenvalue weighted by atomic mass is 9.95. The fourth-order valence-corrected chi connectivity index (χ4v) is 4.98. The Hall–Kier alpha value is -3.05.